The van der Waals surface area contributed by atoms with Crippen LogP contribution in [0.25, 0.3) is 0 Å². The Hall–Kier alpha value is -2.71. The summed E-state index contributed by atoms with van der Waals surface area (Å²) in [6.07, 6.45) is 3.17. The topological polar surface area (TPSA) is 85.8 Å². The molecule has 0 bridgehead atoms. The minimum Gasteiger partial charge on any atom is -0.481 e. The van der Waals surface area contributed by atoms with Gasteiger partial charge in [0, 0.05) is 32.0 Å². The number of hydrogen-bond donors (Lipinski definition) is 2. The van der Waals surface area contributed by atoms with Crippen molar-refractivity contribution in [2.75, 3.05) is 24.6 Å². The number of carboxylic acid groups (broad SMARTS) is 1. The minimum absolute atomic E-state index is 0.0669. The molecule has 32 heavy (non-hydrogen) atoms. The van der Waals surface area contributed by atoms with Crippen LogP contribution in [0.5, 0.6) is 0 Å². The molecule has 1 aromatic heterocycles. The van der Waals surface area contributed by atoms with E-state index in [2.05, 4.69) is 47.4 Å². The number of benzene rings is 1. The molecule has 1 amide bonds. The van der Waals surface area contributed by atoms with Crippen LogP contribution in [0.3, 0.4) is 0 Å². The van der Waals surface area contributed by atoms with Crippen molar-refractivity contribution in [3.8, 4) is 0 Å². The van der Waals surface area contributed by atoms with Gasteiger partial charge in [0.1, 0.15) is 5.82 Å². The summed E-state index contributed by atoms with van der Waals surface area (Å²) in [6.45, 7) is 8.58. The van der Waals surface area contributed by atoms with E-state index in [1.807, 2.05) is 18.2 Å². The Morgan fingerprint density at radius 3 is 2.66 bits per heavy atom. The predicted octanol–water partition coefficient (Wildman–Crippen LogP) is 3.50. The summed E-state index contributed by atoms with van der Waals surface area (Å²) in [5.74, 6) is 0.0953. The van der Waals surface area contributed by atoms with Gasteiger partial charge in [0.15, 0.2) is 8.96 Å². The van der Waals surface area contributed by atoms with Gasteiger partial charge in [-0.05, 0) is 30.0 Å². The zero-order chi connectivity index (χ0) is 23.1. The van der Waals surface area contributed by atoms with E-state index in [9.17, 15) is 14.7 Å². The first-order valence-electron chi connectivity index (χ1n) is 11.2. The quantitative estimate of drug-likeness (QED) is 0.565. The highest BCUT2D eigenvalue weighted by Crippen LogP contribution is 2.23. The Kier molecular flexibility index (Phi) is 8.41. The number of pyridine rings is 1. The summed E-state index contributed by atoms with van der Waals surface area (Å²) >= 11 is 0. The van der Waals surface area contributed by atoms with Crippen LogP contribution in [0, 0.1) is 5.92 Å². The highest BCUT2D eigenvalue weighted by molar-refractivity contribution is 6.55. The molecule has 0 saturated carbocycles. The molecule has 2 N–H and O–H groups in total. The number of hydrogen-bond acceptors (Lipinski definition) is 5. The first-order chi connectivity index (χ1) is 15.3. The number of nitrogens with zero attached hydrogens (tertiary/aromatic N) is 3. The molecule has 1 aliphatic heterocycles. The lowest BCUT2D eigenvalue weighted by molar-refractivity contribution is -0.138. The summed E-state index contributed by atoms with van der Waals surface area (Å²) in [7, 11) is -1.03. The molecular weight excluding hydrogens is 420 g/mol. The molecular formula is C24H33N4O3Si. The van der Waals surface area contributed by atoms with Gasteiger partial charge in [-0.25, -0.2) is 4.98 Å². The fourth-order valence-corrected chi connectivity index (χ4v) is 6.02. The van der Waals surface area contributed by atoms with Crippen molar-refractivity contribution < 1.29 is 14.7 Å². The van der Waals surface area contributed by atoms with E-state index in [1.54, 1.807) is 23.2 Å². The van der Waals surface area contributed by atoms with Crippen LogP contribution in [0.15, 0.2) is 48.7 Å². The Labute approximate surface area is 192 Å². The lowest BCUT2D eigenvalue weighted by Crippen LogP contribution is -2.61. The van der Waals surface area contributed by atoms with Gasteiger partial charge >= 0.3 is 5.97 Å². The van der Waals surface area contributed by atoms with Crippen molar-refractivity contribution in [1.29, 1.82) is 0 Å². The van der Waals surface area contributed by atoms with E-state index >= 15 is 0 Å². The van der Waals surface area contributed by atoms with Gasteiger partial charge in [-0.1, -0.05) is 50.7 Å². The molecule has 2 heterocycles. The summed E-state index contributed by atoms with van der Waals surface area (Å²) < 4.78 is 2.36. The van der Waals surface area contributed by atoms with Crippen molar-refractivity contribution >= 4 is 26.7 Å². The standard InChI is InChI=1S/C24H33N4O3Si/c1-18(2)11-13-26-23-21(10-7-12-25-23)24(31)28-17-32(3)27(16-20(28)14-22(29)30)15-19-8-5-4-6-9-19/h4-10,12,18,20H,11,13-17H2,1-3H3,(H,25,26)(H,29,30)/t20-/m1/s1. The maximum Gasteiger partial charge on any atom is 0.305 e. The van der Waals surface area contributed by atoms with Crippen molar-refractivity contribution in [1.82, 2.24) is 14.4 Å². The average molecular weight is 454 g/mol. The normalized spacial score (nSPS) is 17.5. The molecule has 0 unspecified atom stereocenters. The predicted molar refractivity (Wildman–Crippen MR) is 128 cm³/mol. The summed E-state index contributed by atoms with van der Waals surface area (Å²) in [5.41, 5.74) is 1.72. The lowest BCUT2D eigenvalue weighted by atomic mass is 10.1. The van der Waals surface area contributed by atoms with E-state index in [0.29, 0.717) is 30.0 Å². The lowest BCUT2D eigenvalue weighted by Gasteiger charge is -2.44. The Morgan fingerprint density at radius 2 is 1.97 bits per heavy atom. The molecule has 1 aromatic carbocycles. The van der Waals surface area contributed by atoms with Crippen molar-refractivity contribution in [2.24, 2.45) is 5.92 Å². The molecule has 8 heteroatoms. The second-order valence-corrected chi connectivity index (χ2v) is 11.2. The highest BCUT2D eigenvalue weighted by atomic mass is 28.3. The third-order valence-electron chi connectivity index (χ3n) is 5.75. The Bertz CT molecular complexity index is 909. The third-order valence-corrected chi connectivity index (χ3v) is 7.97. The number of anilines is 1. The van der Waals surface area contributed by atoms with Crippen LogP contribution in [0.1, 0.15) is 42.6 Å². The van der Waals surface area contributed by atoms with Crippen molar-refractivity contribution in [3.63, 3.8) is 0 Å². The first-order valence-corrected chi connectivity index (χ1v) is 13.3. The third kappa shape index (κ3) is 6.40. The zero-order valence-electron chi connectivity index (χ0n) is 19.1. The molecule has 171 valence electrons. The largest absolute Gasteiger partial charge is 0.481 e. The number of carbonyl (C=O) groups is 2. The highest BCUT2D eigenvalue weighted by Gasteiger charge is 2.37. The molecule has 1 atom stereocenters. The Balaban J connectivity index is 1.78. The summed E-state index contributed by atoms with van der Waals surface area (Å²) in [5, 5.41) is 12.8. The summed E-state index contributed by atoms with van der Waals surface area (Å²) in [4.78, 5) is 31.4. The van der Waals surface area contributed by atoms with E-state index in [1.165, 1.54) is 5.56 Å². The number of carboxylic acids is 1. The van der Waals surface area contributed by atoms with Gasteiger partial charge in [-0.15, -0.1) is 0 Å². The van der Waals surface area contributed by atoms with Gasteiger partial charge in [-0.3, -0.25) is 9.59 Å². The van der Waals surface area contributed by atoms with Crippen molar-refractivity contribution in [3.05, 3.63) is 59.8 Å². The molecule has 0 aliphatic carbocycles. The van der Waals surface area contributed by atoms with Gasteiger partial charge in [0.05, 0.1) is 18.0 Å². The maximum absolute atomic E-state index is 13.6. The van der Waals surface area contributed by atoms with Crippen LogP contribution in [-0.4, -0.2) is 65.7 Å². The van der Waals surface area contributed by atoms with Gasteiger partial charge < -0.3 is 19.9 Å². The summed E-state index contributed by atoms with van der Waals surface area (Å²) in [6, 6.07) is 13.4. The van der Waals surface area contributed by atoms with E-state index < -0.39 is 14.9 Å². The van der Waals surface area contributed by atoms with Crippen LogP contribution in [-0.2, 0) is 11.3 Å². The van der Waals surface area contributed by atoms with Gasteiger partial charge in [-0.2, -0.15) is 0 Å². The zero-order valence-corrected chi connectivity index (χ0v) is 20.1. The van der Waals surface area contributed by atoms with E-state index in [-0.39, 0.29) is 18.4 Å². The van der Waals surface area contributed by atoms with E-state index in [4.69, 9.17) is 0 Å². The smallest absolute Gasteiger partial charge is 0.305 e. The van der Waals surface area contributed by atoms with Crippen LogP contribution in [0.2, 0.25) is 6.55 Å². The second kappa shape index (κ2) is 11.2. The van der Waals surface area contributed by atoms with Gasteiger partial charge in [0.2, 0.25) is 0 Å². The number of aliphatic carboxylic acids is 1. The monoisotopic (exact) mass is 453 g/mol. The maximum atomic E-state index is 13.6. The minimum atomic E-state index is -1.03. The van der Waals surface area contributed by atoms with Crippen LogP contribution < -0.4 is 5.32 Å². The molecule has 3 rings (SSSR count). The van der Waals surface area contributed by atoms with Gasteiger partial charge in [0.25, 0.3) is 5.91 Å². The fourth-order valence-electron chi connectivity index (χ4n) is 3.95. The van der Waals surface area contributed by atoms with E-state index in [0.717, 1.165) is 19.5 Å². The molecule has 7 nitrogen and oxygen atoms in total. The molecule has 1 fully saturated rings. The Morgan fingerprint density at radius 1 is 1.22 bits per heavy atom. The molecule has 0 spiro atoms. The number of aromatic nitrogens is 1. The molecule has 1 saturated heterocycles. The number of carbonyl (C=O) groups excluding carboxylic acids is 1. The second-order valence-electron chi connectivity index (χ2n) is 8.80. The fraction of sp³-hybridized carbons (Fsp3) is 0.458. The average Bonchev–Trinajstić information content (AvgIpc) is 2.76. The van der Waals surface area contributed by atoms with Crippen LogP contribution >= 0.6 is 0 Å². The molecule has 1 aliphatic rings. The number of nitrogens with one attached hydrogen (secondary N) is 1. The van der Waals surface area contributed by atoms with Crippen molar-refractivity contribution in [2.45, 2.75) is 45.8 Å². The van der Waals surface area contributed by atoms with Crippen LogP contribution in [0.4, 0.5) is 5.82 Å². The molecule has 1 radical (unpaired) electrons. The number of amides is 1. The SMILES string of the molecule is CC(C)CCNc1ncccc1C(=O)N1C[Si](C)N(Cc2ccccc2)C[C@H]1CC(=O)O. The molecule has 2 aromatic rings. The number of rotatable bonds is 9. The first kappa shape index (κ1) is 23.9.